The minimum absolute atomic E-state index is 0.228. The number of para-hydroxylation sites is 1. The Morgan fingerprint density at radius 1 is 1.29 bits per heavy atom. The Morgan fingerprint density at radius 3 is 2.76 bits per heavy atom. The molecular formula is C17H22FNO2. The SMILES string of the molecule is Cc1cc(COc2ccccc2F)oc1CNCC(C)C. The molecule has 2 rings (SSSR count). The summed E-state index contributed by atoms with van der Waals surface area (Å²) in [5, 5.41) is 3.34. The van der Waals surface area contributed by atoms with Gasteiger partial charge < -0.3 is 14.5 Å². The number of hydrogen-bond donors (Lipinski definition) is 1. The van der Waals surface area contributed by atoms with Crippen molar-refractivity contribution in [1.29, 1.82) is 0 Å². The quantitative estimate of drug-likeness (QED) is 0.835. The van der Waals surface area contributed by atoms with Crippen LogP contribution < -0.4 is 10.1 Å². The third-order valence-corrected chi connectivity index (χ3v) is 3.12. The number of nitrogens with one attached hydrogen (secondary N) is 1. The van der Waals surface area contributed by atoms with Crippen molar-refractivity contribution in [3.63, 3.8) is 0 Å². The molecule has 0 unspecified atom stereocenters. The molecule has 0 aliphatic heterocycles. The first-order chi connectivity index (χ1) is 10.1. The van der Waals surface area contributed by atoms with E-state index in [0.717, 1.165) is 17.9 Å². The van der Waals surface area contributed by atoms with E-state index in [4.69, 9.17) is 9.15 Å². The molecule has 2 aromatic rings. The first-order valence-electron chi connectivity index (χ1n) is 7.22. The Morgan fingerprint density at radius 2 is 2.05 bits per heavy atom. The van der Waals surface area contributed by atoms with Crippen LogP contribution in [0.1, 0.15) is 30.9 Å². The predicted molar refractivity (Wildman–Crippen MR) is 80.7 cm³/mol. The van der Waals surface area contributed by atoms with Gasteiger partial charge >= 0.3 is 0 Å². The van der Waals surface area contributed by atoms with Crippen LogP contribution in [0.2, 0.25) is 0 Å². The highest BCUT2D eigenvalue weighted by molar-refractivity contribution is 5.24. The lowest BCUT2D eigenvalue weighted by atomic mass is 10.2. The largest absolute Gasteiger partial charge is 0.483 e. The standard InChI is InChI=1S/C17H22FNO2/c1-12(2)9-19-10-17-13(3)8-14(21-17)11-20-16-7-5-4-6-15(16)18/h4-8,12,19H,9-11H2,1-3H3. The van der Waals surface area contributed by atoms with Crippen molar-refractivity contribution in [2.45, 2.75) is 33.9 Å². The van der Waals surface area contributed by atoms with Crippen molar-refractivity contribution in [1.82, 2.24) is 5.32 Å². The zero-order valence-electron chi connectivity index (χ0n) is 12.8. The van der Waals surface area contributed by atoms with E-state index in [1.807, 2.05) is 13.0 Å². The molecule has 3 nitrogen and oxygen atoms in total. The highest BCUT2D eigenvalue weighted by atomic mass is 19.1. The second-order valence-electron chi connectivity index (χ2n) is 5.56. The van der Waals surface area contributed by atoms with E-state index < -0.39 is 0 Å². The summed E-state index contributed by atoms with van der Waals surface area (Å²) in [5.41, 5.74) is 1.08. The zero-order valence-corrected chi connectivity index (χ0v) is 12.8. The van der Waals surface area contributed by atoms with E-state index >= 15 is 0 Å². The average molecular weight is 291 g/mol. The number of furan rings is 1. The molecule has 1 aromatic carbocycles. The summed E-state index contributed by atoms with van der Waals surface area (Å²) >= 11 is 0. The van der Waals surface area contributed by atoms with E-state index in [1.54, 1.807) is 18.2 Å². The van der Waals surface area contributed by atoms with Gasteiger partial charge in [0.1, 0.15) is 18.1 Å². The molecule has 4 heteroatoms. The Balaban J connectivity index is 1.91. The van der Waals surface area contributed by atoms with E-state index in [9.17, 15) is 4.39 Å². The van der Waals surface area contributed by atoms with Gasteiger partial charge in [0.15, 0.2) is 11.6 Å². The van der Waals surface area contributed by atoms with Crippen molar-refractivity contribution >= 4 is 0 Å². The van der Waals surface area contributed by atoms with Crippen LogP contribution in [0, 0.1) is 18.7 Å². The Hall–Kier alpha value is -1.81. The van der Waals surface area contributed by atoms with E-state index in [0.29, 0.717) is 18.2 Å². The van der Waals surface area contributed by atoms with Crippen LogP contribution in [0.25, 0.3) is 0 Å². The lowest BCUT2D eigenvalue weighted by Gasteiger charge is -2.06. The van der Waals surface area contributed by atoms with Crippen molar-refractivity contribution in [2.24, 2.45) is 5.92 Å². The fraction of sp³-hybridized carbons (Fsp3) is 0.412. The fourth-order valence-corrected chi connectivity index (χ4v) is 2.02. The van der Waals surface area contributed by atoms with Crippen LogP contribution in [0.5, 0.6) is 5.75 Å². The van der Waals surface area contributed by atoms with Crippen LogP contribution in [-0.2, 0) is 13.2 Å². The number of ether oxygens (including phenoxy) is 1. The lowest BCUT2D eigenvalue weighted by Crippen LogP contribution is -2.18. The van der Waals surface area contributed by atoms with E-state index in [-0.39, 0.29) is 18.2 Å². The second-order valence-corrected chi connectivity index (χ2v) is 5.56. The molecule has 0 aliphatic rings. The maximum absolute atomic E-state index is 13.5. The van der Waals surface area contributed by atoms with Crippen molar-refractivity contribution < 1.29 is 13.5 Å². The zero-order chi connectivity index (χ0) is 15.2. The van der Waals surface area contributed by atoms with Gasteiger partial charge in [-0.1, -0.05) is 26.0 Å². The van der Waals surface area contributed by atoms with Gasteiger partial charge in [-0.15, -0.1) is 0 Å². The molecule has 0 bridgehead atoms. The first-order valence-corrected chi connectivity index (χ1v) is 7.22. The lowest BCUT2D eigenvalue weighted by molar-refractivity contribution is 0.254. The molecule has 0 amide bonds. The minimum Gasteiger partial charge on any atom is -0.483 e. The molecule has 0 radical (unpaired) electrons. The summed E-state index contributed by atoms with van der Waals surface area (Å²) < 4.78 is 24.6. The molecule has 1 N–H and O–H groups in total. The summed E-state index contributed by atoms with van der Waals surface area (Å²) in [6, 6.07) is 8.30. The van der Waals surface area contributed by atoms with Crippen molar-refractivity contribution in [3.8, 4) is 5.75 Å². The molecule has 0 spiro atoms. The van der Waals surface area contributed by atoms with Crippen molar-refractivity contribution in [3.05, 3.63) is 53.2 Å². The van der Waals surface area contributed by atoms with Gasteiger partial charge in [0.2, 0.25) is 0 Å². The van der Waals surface area contributed by atoms with Crippen LogP contribution >= 0.6 is 0 Å². The molecule has 0 aliphatic carbocycles. The van der Waals surface area contributed by atoms with E-state index in [1.165, 1.54) is 6.07 Å². The summed E-state index contributed by atoms with van der Waals surface area (Å²) in [5.74, 6) is 2.09. The monoisotopic (exact) mass is 291 g/mol. The molecule has 1 aromatic heterocycles. The van der Waals surface area contributed by atoms with Crippen LogP contribution in [0.4, 0.5) is 4.39 Å². The molecule has 21 heavy (non-hydrogen) atoms. The normalized spacial score (nSPS) is 11.1. The third kappa shape index (κ3) is 4.60. The first kappa shape index (κ1) is 15.6. The Bertz CT molecular complexity index is 578. The highest BCUT2D eigenvalue weighted by Gasteiger charge is 2.09. The fourth-order valence-electron chi connectivity index (χ4n) is 2.02. The van der Waals surface area contributed by atoms with E-state index in [2.05, 4.69) is 19.2 Å². The Labute approximate surface area is 125 Å². The number of benzene rings is 1. The summed E-state index contributed by atoms with van der Waals surface area (Å²) in [6.45, 7) is 8.20. The molecule has 114 valence electrons. The van der Waals surface area contributed by atoms with Gasteiger partial charge in [0.25, 0.3) is 0 Å². The summed E-state index contributed by atoms with van der Waals surface area (Å²) in [4.78, 5) is 0. The predicted octanol–water partition coefficient (Wildman–Crippen LogP) is 4.05. The maximum Gasteiger partial charge on any atom is 0.165 e. The van der Waals surface area contributed by atoms with Crippen LogP contribution in [0.3, 0.4) is 0 Å². The molecule has 0 saturated heterocycles. The molecule has 0 fully saturated rings. The smallest absolute Gasteiger partial charge is 0.165 e. The second kappa shape index (κ2) is 7.27. The average Bonchev–Trinajstić information content (AvgIpc) is 2.78. The number of hydrogen-bond acceptors (Lipinski definition) is 3. The number of rotatable bonds is 7. The summed E-state index contributed by atoms with van der Waals surface area (Å²) in [6.07, 6.45) is 0. The minimum atomic E-state index is -0.361. The third-order valence-electron chi connectivity index (χ3n) is 3.12. The van der Waals surface area contributed by atoms with Gasteiger partial charge in [-0.2, -0.15) is 0 Å². The van der Waals surface area contributed by atoms with Gasteiger partial charge in [-0.3, -0.25) is 0 Å². The molecule has 0 atom stereocenters. The molecular weight excluding hydrogens is 269 g/mol. The topological polar surface area (TPSA) is 34.4 Å². The van der Waals surface area contributed by atoms with Gasteiger partial charge in [0.05, 0.1) is 6.54 Å². The van der Waals surface area contributed by atoms with Gasteiger partial charge in [0, 0.05) is 0 Å². The maximum atomic E-state index is 13.5. The molecule has 0 saturated carbocycles. The number of halogens is 1. The number of aryl methyl sites for hydroxylation is 1. The molecule has 1 heterocycles. The van der Waals surface area contributed by atoms with Crippen LogP contribution in [-0.4, -0.2) is 6.54 Å². The van der Waals surface area contributed by atoms with Crippen molar-refractivity contribution in [2.75, 3.05) is 6.54 Å². The van der Waals surface area contributed by atoms with Crippen LogP contribution in [0.15, 0.2) is 34.7 Å². The Kier molecular flexibility index (Phi) is 5.39. The van der Waals surface area contributed by atoms with Gasteiger partial charge in [-0.05, 0) is 43.1 Å². The van der Waals surface area contributed by atoms with Gasteiger partial charge in [-0.25, -0.2) is 4.39 Å². The highest BCUT2D eigenvalue weighted by Crippen LogP contribution is 2.20. The summed E-state index contributed by atoms with van der Waals surface area (Å²) in [7, 11) is 0.